The van der Waals surface area contributed by atoms with Gasteiger partial charge in [-0.05, 0) is 18.4 Å². The highest BCUT2D eigenvalue weighted by atomic mass is 32.1. The van der Waals surface area contributed by atoms with Crippen LogP contribution in [0, 0.1) is 0 Å². The summed E-state index contributed by atoms with van der Waals surface area (Å²) in [4.78, 5) is 16.5. The third-order valence-corrected chi connectivity index (χ3v) is 4.37. The van der Waals surface area contributed by atoms with E-state index in [0.717, 1.165) is 16.3 Å². The zero-order valence-electron chi connectivity index (χ0n) is 13.2. The molecular weight excluding hydrogens is 296 g/mol. The molecule has 2 rings (SSSR count). The first kappa shape index (κ1) is 16.6. The molecule has 1 unspecified atom stereocenters. The van der Waals surface area contributed by atoms with Crippen LogP contribution in [0.4, 0.5) is 0 Å². The molecule has 0 spiro atoms. The van der Waals surface area contributed by atoms with Gasteiger partial charge in [-0.25, -0.2) is 4.98 Å². The van der Waals surface area contributed by atoms with Gasteiger partial charge in [0.15, 0.2) is 0 Å². The maximum absolute atomic E-state index is 12.1. The van der Waals surface area contributed by atoms with Gasteiger partial charge in [0.25, 0.3) is 0 Å². The van der Waals surface area contributed by atoms with Gasteiger partial charge in [0, 0.05) is 5.38 Å². The summed E-state index contributed by atoms with van der Waals surface area (Å²) in [7, 11) is 0. The monoisotopic (exact) mass is 318 g/mol. The second-order valence-electron chi connectivity index (χ2n) is 5.91. The van der Waals surface area contributed by atoms with Crippen LogP contribution < -0.4 is 5.32 Å². The van der Waals surface area contributed by atoms with Crippen LogP contribution in [0.15, 0.2) is 35.7 Å². The first-order chi connectivity index (χ1) is 10.4. The minimum atomic E-state index is -1.17. The van der Waals surface area contributed by atoms with Crippen molar-refractivity contribution >= 4 is 17.2 Å². The molecule has 0 saturated carbocycles. The molecule has 1 amide bonds. The Morgan fingerprint density at radius 2 is 2.05 bits per heavy atom. The quantitative estimate of drug-likeness (QED) is 0.860. The molecule has 1 aromatic carbocycles. The van der Waals surface area contributed by atoms with E-state index in [0.29, 0.717) is 12.5 Å². The SMILES string of the molecule is CC(C)c1csc(CNC(=O)CC(C)(O)c2ccccc2)n1. The number of aliphatic hydroxyl groups is 1. The Kier molecular flexibility index (Phi) is 5.32. The van der Waals surface area contributed by atoms with E-state index in [1.54, 1.807) is 18.3 Å². The van der Waals surface area contributed by atoms with E-state index in [1.165, 1.54) is 0 Å². The molecule has 0 saturated heterocycles. The van der Waals surface area contributed by atoms with Gasteiger partial charge in [-0.15, -0.1) is 11.3 Å². The fourth-order valence-corrected chi connectivity index (χ4v) is 3.02. The number of aromatic nitrogens is 1. The fraction of sp³-hybridized carbons (Fsp3) is 0.412. The number of benzene rings is 1. The molecule has 0 aliphatic rings. The van der Waals surface area contributed by atoms with Crippen molar-refractivity contribution in [2.45, 2.75) is 45.3 Å². The minimum absolute atomic E-state index is 0.0272. The van der Waals surface area contributed by atoms with Crippen LogP contribution in [0.3, 0.4) is 0 Å². The third-order valence-electron chi connectivity index (χ3n) is 3.50. The van der Waals surface area contributed by atoms with Crippen LogP contribution in [0.1, 0.15) is 49.4 Å². The number of hydrogen-bond donors (Lipinski definition) is 2. The Bertz CT molecular complexity index is 621. The normalized spacial score (nSPS) is 13.9. The second kappa shape index (κ2) is 7.03. The van der Waals surface area contributed by atoms with Crippen LogP contribution in [0.25, 0.3) is 0 Å². The molecule has 0 aliphatic carbocycles. The van der Waals surface area contributed by atoms with Crippen molar-refractivity contribution in [2.75, 3.05) is 0 Å². The molecule has 5 heteroatoms. The van der Waals surface area contributed by atoms with Crippen molar-refractivity contribution in [3.05, 3.63) is 52.0 Å². The lowest BCUT2D eigenvalue weighted by molar-refractivity contribution is -0.126. The summed E-state index contributed by atoms with van der Waals surface area (Å²) in [6.45, 7) is 6.24. The van der Waals surface area contributed by atoms with Crippen LogP contribution in [0.2, 0.25) is 0 Å². The van der Waals surface area contributed by atoms with Gasteiger partial charge in [-0.2, -0.15) is 0 Å². The predicted octanol–water partition coefficient (Wildman–Crippen LogP) is 3.18. The molecule has 0 fully saturated rings. The lowest BCUT2D eigenvalue weighted by Gasteiger charge is -2.23. The zero-order chi connectivity index (χ0) is 16.2. The van der Waals surface area contributed by atoms with Crippen molar-refractivity contribution in [1.29, 1.82) is 0 Å². The van der Waals surface area contributed by atoms with E-state index in [-0.39, 0.29) is 12.3 Å². The molecule has 1 heterocycles. The van der Waals surface area contributed by atoms with Crippen LogP contribution in [-0.4, -0.2) is 16.0 Å². The Morgan fingerprint density at radius 1 is 1.36 bits per heavy atom. The summed E-state index contributed by atoms with van der Waals surface area (Å²) in [5, 5.41) is 16.2. The molecule has 118 valence electrons. The van der Waals surface area contributed by atoms with Gasteiger partial charge in [-0.1, -0.05) is 44.2 Å². The highest BCUT2D eigenvalue weighted by Crippen LogP contribution is 2.24. The lowest BCUT2D eigenvalue weighted by Crippen LogP contribution is -2.32. The summed E-state index contributed by atoms with van der Waals surface area (Å²) < 4.78 is 0. The number of thiazole rings is 1. The van der Waals surface area contributed by atoms with Gasteiger partial charge >= 0.3 is 0 Å². The standard InChI is InChI=1S/C17H22N2O2S/c1-12(2)14-11-22-16(19-14)10-18-15(20)9-17(3,21)13-7-5-4-6-8-13/h4-8,11-12,21H,9-10H2,1-3H3,(H,18,20). The lowest BCUT2D eigenvalue weighted by atomic mass is 9.92. The number of hydrogen-bond acceptors (Lipinski definition) is 4. The molecule has 0 aliphatic heterocycles. The average molecular weight is 318 g/mol. The number of carbonyl (C=O) groups is 1. The van der Waals surface area contributed by atoms with Crippen molar-refractivity contribution in [1.82, 2.24) is 10.3 Å². The Morgan fingerprint density at radius 3 is 2.64 bits per heavy atom. The van der Waals surface area contributed by atoms with Crippen molar-refractivity contribution in [3.63, 3.8) is 0 Å². The van der Waals surface area contributed by atoms with Crippen molar-refractivity contribution < 1.29 is 9.90 Å². The number of carbonyl (C=O) groups excluding carboxylic acids is 1. The second-order valence-corrected chi connectivity index (χ2v) is 6.86. The molecular formula is C17H22N2O2S. The average Bonchev–Trinajstić information content (AvgIpc) is 2.95. The van der Waals surface area contributed by atoms with Gasteiger partial charge in [0.2, 0.25) is 5.91 Å². The summed E-state index contributed by atoms with van der Waals surface area (Å²) in [6, 6.07) is 9.23. The number of amides is 1. The summed E-state index contributed by atoms with van der Waals surface area (Å²) in [6.07, 6.45) is 0.0272. The van der Waals surface area contributed by atoms with Gasteiger partial charge in [-0.3, -0.25) is 4.79 Å². The zero-order valence-corrected chi connectivity index (χ0v) is 14.0. The molecule has 0 bridgehead atoms. The molecule has 1 aromatic heterocycles. The topological polar surface area (TPSA) is 62.2 Å². The third kappa shape index (κ3) is 4.39. The van der Waals surface area contributed by atoms with E-state index < -0.39 is 5.60 Å². The molecule has 1 atom stereocenters. The molecule has 4 nitrogen and oxygen atoms in total. The maximum atomic E-state index is 12.1. The van der Waals surface area contributed by atoms with Crippen molar-refractivity contribution in [2.24, 2.45) is 0 Å². The molecule has 2 aromatic rings. The van der Waals surface area contributed by atoms with Crippen molar-refractivity contribution in [3.8, 4) is 0 Å². The Hall–Kier alpha value is -1.72. The number of nitrogens with one attached hydrogen (secondary N) is 1. The van der Waals surface area contributed by atoms with E-state index in [9.17, 15) is 9.90 Å². The van der Waals surface area contributed by atoms with E-state index >= 15 is 0 Å². The smallest absolute Gasteiger partial charge is 0.223 e. The first-order valence-corrected chi connectivity index (χ1v) is 8.25. The van der Waals surface area contributed by atoms with Crippen LogP contribution in [0.5, 0.6) is 0 Å². The predicted molar refractivity (Wildman–Crippen MR) is 88.7 cm³/mol. The largest absolute Gasteiger partial charge is 0.385 e. The Labute approximate surface area is 135 Å². The molecule has 22 heavy (non-hydrogen) atoms. The molecule has 2 N–H and O–H groups in total. The number of nitrogens with zero attached hydrogens (tertiary/aromatic N) is 1. The first-order valence-electron chi connectivity index (χ1n) is 7.37. The van der Waals surface area contributed by atoms with E-state index in [4.69, 9.17) is 0 Å². The van der Waals surface area contributed by atoms with Crippen LogP contribution >= 0.6 is 11.3 Å². The Balaban J connectivity index is 1.89. The van der Waals surface area contributed by atoms with Crippen LogP contribution in [-0.2, 0) is 16.9 Å². The summed E-state index contributed by atoms with van der Waals surface area (Å²) >= 11 is 1.55. The highest BCUT2D eigenvalue weighted by molar-refractivity contribution is 7.09. The highest BCUT2D eigenvalue weighted by Gasteiger charge is 2.26. The van der Waals surface area contributed by atoms with Gasteiger partial charge < -0.3 is 10.4 Å². The van der Waals surface area contributed by atoms with E-state index in [1.807, 2.05) is 35.7 Å². The maximum Gasteiger partial charge on any atom is 0.223 e. The summed E-state index contributed by atoms with van der Waals surface area (Å²) in [5.74, 6) is 0.203. The van der Waals surface area contributed by atoms with Gasteiger partial charge in [0.1, 0.15) is 5.01 Å². The van der Waals surface area contributed by atoms with Gasteiger partial charge in [0.05, 0.1) is 24.3 Å². The summed E-state index contributed by atoms with van der Waals surface area (Å²) in [5.41, 5.74) is 0.615. The molecule has 0 radical (unpaired) electrons. The fourth-order valence-electron chi connectivity index (χ4n) is 2.12. The number of rotatable bonds is 6. The van der Waals surface area contributed by atoms with E-state index in [2.05, 4.69) is 24.1 Å². The minimum Gasteiger partial charge on any atom is -0.385 e.